The van der Waals surface area contributed by atoms with Crippen LogP contribution >= 0.6 is 0 Å². The van der Waals surface area contributed by atoms with Crippen LogP contribution in [0.2, 0.25) is 0 Å². The Morgan fingerprint density at radius 2 is 2.00 bits per heavy atom. The zero-order valence-corrected chi connectivity index (χ0v) is 16.3. The fraction of sp³-hybridized carbons (Fsp3) is 0.500. The monoisotopic (exact) mass is 381 g/mol. The topological polar surface area (TPSA) is 75.5 Å². The third-order valence-corrected chi connectivity index (χ3v) is 5.82. The lowest BCUT2D eigenvalue weighted by Gasteiger charge is -2.19. The summed E-state index contributed by atoms with van der Waals surface area (Å²) in [5.74, 6) is 1.52. The number of rotatable bonds is 6. The molecule has 1 aliphatic heterocycles. The molecule has 28 heavy (non-hydrogen) atoms. The highest BCUT2D eigenvalue weighted by Crippen LogP contribution is 2.38. The summed E-state index contributed by atoms with van der Waals surface area (Å²) in [5, 5.41) is 9.23. The van der Waals surface area contributed by atoms with Gasteiger partial charge in [-0.25, -0.2) is 14.8 Å². The van der Waals surface area contributed by atoms with E-state index in [1.807, 2.05) is 6.07 Å². The van der Waals surface area contributed by atoms with Crippen molar-refractivity contribution in [3.8, 4) is 5.75 Å². The molecule has 148 valence electrons. The number of nitrogens with zero attached hydrogens (tertiary/aromatic N) is 3. The molecule has 0 radical (unpaired) electrons. The molecular formula is C22H27N3O3. The van der Waals surface area contributed by atoms with Gasteiger partial charge in [-0.3, -0.25) is 0 Å². The number of hydrogen-bond acceptors (Lipinski definition) is 5. The van der Waals surface area contributed by atoms with Gasteiger partial charge in [0.25, 0.3) is 0 Å². The normalized spacial score (nSPS) is 19.9. The first-order valence-corrected chi connectivity index (χ1v) is 10.2. The standard InChI is InChI=1S/C22H27N3O3/c1-15-12-19(21(26)27)24-22(23-15)25-11-10-16(13-25)14-28-20-9-5-4-8-18(20)17-6-2-3-7-17/h4-5,8-9,12,16-17H,2-3,6-7,10-11,13-14H2,1H3,(H,26,27). The Morgan fingerprint density at radius 3 is 2.79 bits per heavy atom. The highest BCUT2D eigenvalue weighted by atomic mass is 16.5. The Morgan fingerprint density at radius 1 is 1.21 bits per heavy atom. The van der Waals surface area contributed by atoms with E-state index in [0.29, 0.717) is 30.1 Å². The van der Waals surface area contributed by atoms with Gasteiger partial charge in [0, 0.05) is 24.7 Å². The third kappa shape index (κ3) is 4.11. The summed E-state index contributed by atoms with van der Waals surface area (Å²) in [7, 11) is 0. The van der Waals surface area contributed by atoms with Crippen molar-refractivity contribution >= 4 is 11.9 Å². The van der Waals surface area contributed by atoms with Gasteiger partial charge in [-0.2, -0.15) is 0 Å². The number of para-hydroxylation sites is 1. The fourth-order valence-corrected chi connectivity index (χ4v) is 4.35. The lowest BCUT2D eigenvalue weighted by molar-refractivity contribution is 0.0690. The molecule has 1 saturated heterocycles. The largest absolute Gasteiger partial charge is 0.493 e. The van der Waals surface area contributed by atoms with Crippen LogP contribution in [0.5, 0.6) is 5.75 Å². The number of hydrogen-bond donors (Lipinski definition) is 1. The van der Waals surface area contributed by atoms with Gasteiger partial charge in [-0.05, 0) is 49.8 Å². The number of aryl methyl sites for hydroxylation is 1. The van der Waals surface area contributed by atoms with E-state index >= 15 is 0 Å². The molecule has 1 aromatic heterocycles. The van der Waals surface area contributed by atoms with E-state index < -0.39 is 5.97 Å². The molecular weight excluding hydrogens is 354 g/mol. The average Bonchev–Trinajstić information content (AvgIpc) is 3.38. The summed E-state index contributed by atoms with van der Waals surface area (Å²) < 4.78 is 6.24. The van der Waals surface area contributed by atoms with Crippen molar-refractivity contribution < 1.29 is 14.6 Å². The second-order valence-corrected chi connectivity index (χ2v) is 7.93. The Kier molecular flexibility index (Phi) is 5.46. The molecule has 6 heteroatoms. The molecule has 0 bridgehead atoms. The third-order valence-electron chi connectivity index (χ3n) is 5.82. The van der Waals surface area contributed by atoms with Crippen LogP contribution in [0.25, 0.3) is 0 Å². The lowest BCUT2D eigenvalue weighted by Crippen LogP contribution is -2.25. The van der Waals surface area contributed by atoms with E-state index in [4.69, 9.17) is 4.74 Å². The van der Waals surface area contributed by atoms with Crippen molar-refractivity contribution in [3.05, 3.63) is 47.3 Å². The Bertz CT molecular complexity index is 849. The molecule has 2 aliphatic rings. The van der Waals surface area contributed by atoms with Crippen LogP contribution in [0.15, 0.2) is 30.3 Å². The zero-order valence-electron chi connectivity index (χ0n) is 16.3. The molecule has 1 aliphatic carbocycles. The predicted octanol–water partition coefficient (Wildman–Crippen LogP) is 4.05. The second kappa shape index (κ2) is 8.17. The highest BCUT2D eigenvalue weighted by molar-refractivity contribution is 5.85. The van der Waals surface area contributed by atoms with E-state index in [0.717, 1.165) is 25.3 Å². The molecule has 0 amide bonds. The maximum Gasteiger partial charge on any atom is 0.354 e. The molecule has 1 unspecified atom stereocenters. The van der Waals surface area contributed by atoms with Gasteiger partial charge >= 0.3 is 5.97 Å². The molecule has 1 atom stereocenters. The van der Waals surface area contributed by atoms with Crippen molar-refractivity contribution in [2.24, 2.45) is 5.92 Å². The summed E-state index contributed by atoms with van der Waals surface area (Å²) in [5.41, 5.74) is 2.07. The molecule has 4 rings (SSSR count). The Balaban J connectivity index is 1.39. The first kappa shape index (κ1) is 18.7. The highest BCUT2D eigenvalue weighted by Gasteiger charge is 2.27. The molecule has 2 aromatic rings. The number of aromatic carboxylic acids is 1. The van der Waals surface area contributed by atoms with E-state index in [2.05, 4.69) is 33.1 Å². The molecule has 1 aromatic carbocycles. The predicted molar refractivity (Wildman–Crippen MR) is 107 cm³/mol. The molecule has 2 heterocycles. The smallest absolute Gasteiger partial charge is 0.354 e. The average molecular weight is 381 g/mol. The second-order valence-electron chi connectivity index (χ2n) is 7.93. The van der Waals surface area contributed by atoms with Gasteiger partial charge < -0.3 is 14.7 Å². The first-order chi connectivity index (χ1) is 13.6. The number of benzene rings is 1. The van der Waals surface area contributed by atoms with Crippen LogP contribution < -0.4 is 9.64 Å². The SMILES string of the molecule is Cc1cc(C(=O)O)nc(N2CCC(COc3ccccc3C3CCCC3)C2)n1. The van der Waals surface area contributed by atoms with Gasteiger partial charge in [0.15, 0.2) is 5.69 Å². The minimum atomic E-state index is -1.02. The van der Waals surface area contributed by atoms with Gasteiger partial charge in [0.05, 0.1) is 6.61 Å². The number of carbonyl (C=O) groups is 1. The zero-order chi connectivity index (χ0) is 19.5. The van der Waals surface area contributed by atoms with Crippen molar-refractivity contribution in [1.29, 1.82) is 0 Å². The Labute approximate surface area is 165 Å². The van der Waals surface area contributed by atoms with Gasteiger partial charge in [0.1, 0.15) is 5.75 Å². The Hall–Kier alpha value is -2.63. The first-order valence-electron chi connectivity index (χ1n) is 10.2. The van der Waals surface area contributed by atoms with Crippen LogP contribution in [-0.2, 0) is 0 Å². The molecule has 1 N–H and O–H groups in total. The van der Waals surface area contributed by atoms with Crippen molar-refractivity contribution in [2.45, 2.75) is 44.9 Å². The maximum atomic E-state index is 11.3. The van der Waals surface area contributed by atoms with E-state index in [9.17, 15) is 9.90 Å². The fourth-order valence-electron chi connectivity index (χ4n) is 4.35. The lowest BCUT2D eigenvalue weighted by atomic mass is 9.97. The maximum absolute atomic E-state index is 11.3. The summed E-state index contributed by atoms with van der Waals surface area (Å²) >= 11 is 0. The molecule has 2 fully saturated rings. The quantitative estimate of drug-likeness (QED) is 0.814. The van der Waals surface area contributed by atoms with Gasteiger partial charge in [-0.1, -0.05) is 31.0 Å². The molecule has 1 saturated carbocycles. The van der Waals surface area contributed by atoms with Crippen LogP contribution in [0.3, 0.4) is 0 Å². The van der Waals surface area contributed by atoms with Gasteiger partial charge in [-0.15, -0.1) is 0 Å². The van der Waals surface area contributed by atoms with E-state index in [1.54, 1.807) is 6.92 Å². The van der Waals surface area contributed by atoms with E-state index in [1.165, 1.54) is 37.3 Å². The summed E-state index contributed by atoms with van der Waals surface area (Å²) in [6, 6.07) is 9.95. The number of carboxylic acids is 1. The molecule has 6 nitrogen and oxygen atoms in total. The van der Waals surface area contributed by atoms with Crippen LogP contribution in [0, 0.1) is 12.8 Å². The van der Waals surface area contributed by atoms with Crippen LogP contribution in [0.4, 0.5) is 5.95 Å². The number of aromatic nitrogens is 2. The van der Waals surface area contributed by atoms with Crippen molar-refractivity contribution in [3.63, 3.8) is 0 Å². The minimum Gasteiger partial charge on any atom is -0.493 e. The summed E-state index contributed by atoms with van der Waals surface area (Å²) in [6.45, 7) is 4.07. The number of carboxylic acid groups (broad SMARTS) is 1. The van der Waals surface area contributed by atoms with Crippen molar-refractivity contribution in [1.82, 2.24) is 9.97 Å². The van der Waals surface area contributed by atoms with E-state index in [-0.39, 0.29) is 5.69 Å². The number of anilines is 1. The summed E-state index contributed by atoms with van der Waals surface area (Å²) in [6.07, 6.45) is 6.13. The minimum absolute atomic E-state index is 0.0488. The van der Waals surface area contributed by atoms with Crippen LogP contribution in [0.1, 0.15) is 59.8 Å². The van der Waals surface area contributed by atoms with Crippen molar-refractivity contribution in [2.75, 3.05) is 24.6 Å². The summed E-state index contributed by atoms with van der Waals surface area (Å²) in [4.78, 5) is 22.0. The van der Waals surface area contributed by atoms with Crippen LogP contribution in [-0.4, -0.2) is 40.7 Å². The number of ether oxygens (including phenoxy) is 1. The molecule has 0 spiro atoms. The van der Waals surface area contributed by atoms with Gasteiger partial charge in [0.2, 0.25) is 5.95 Å².